The van der Waals surface area contributed by atoms with Gasteiger partial charge in [-0.15, -0.1) is 0 Å². The highest BCUT2D eigenvalue weighted by molar-refractivity contribution is 7.87. The zero-order chi connectivity index (χ0) is 13.8. The Morgan fingerprint density at radius 3 is 2.61 bits per heavy atom. The highest BCUT2D eigenvalue weighted by atomic mass is 32.2. The Labute approximate surface area is 107 Å². The molecular weight excluding hydrogens is 260 g/mol. The standard InChI is InChI=1S/C10H20N2O5S/c1-12(4-3-10(14)17-2)18(15,16)11-7-8-5-9(13)6-8/h8-9,11,13H,3-7H2,1-2H3. The first-order valence-corrected chi connectivity index (χ1v) is 7.25. The van der Waals surface area contributed by atoms with Gasteiger partial charge >= 0.3 is 5.97 Å². The number of aliphatic hydroxyl groups excluding tert-OH is 1. The molecule has 7 nitrogen and oxygen atoms in total. The quantitative estimate of drug-likeness (QED) is 0.588. The fourth-order valence-corrected chi connectivity index (χ4v) is 2.67. The average Bonchev–Trinajstić information content (AvgIpc) is 2.29. The molecule has 0 heterocycles. The number of rotatable bonds is 7. The van der Waals surface area contributed by atoms with Crippen molar-refractivity contribution in [3.63, 3.8) is 0 Å². The highest BCUT2D eigenvalue weighted by Gasteiger charge is 2.29. The molecule has 0 spiro atoms. The maximum Gasteiger partial charge on any atom is 0.306 e. The van der Waals surface area contributed by atoms with E-state index >= 15 is 0 Å². The molecule has 1 rings (SSSR count). The molecule has 0 amide bonds. The van der Waals surface area contributed by atoms with Crippen LogP contribution in [0.3, 0.4) is 0 Å². The Hall–Kier alpha value is -0.700. The molecule has 0 atom stereocenters. The molecule has 18 heavy (non-hydrogen) atoms. The van der Waals surface area contributed by atoms with Crippen LogP contribution >= 0.6 is 0 Å². The average molecular weight is 280 g/mol. The summed E-state index contributed by atoms with van der Waals surface area (Å²) in [6.07, 6.45) is 0.996. The highest BCUT2D eigenvalue weighted by Crippen LogP contribution is 2.26. The SMILES string of the molecule is COC(=O)CCN(C)S(=O)(=O)NCC1CC(O)C1. The predicted molar refractivity (Wildman–Crippen MR) is 64.9 cm³/mol. The Morgan fingerprint density at radius 2 is 2.11 bits per heavy atom. The first-order chi connectivity index (χ1) is 8.35. The molecule has 106 valence electrons. The van der Waals surface area contributed by atoms with Crippen molar-refractivity contribution >= 4 is 16.2 Å². The first kappa shape index (κ1) is 15.4. The lowest BCUT2D eigenvalue weighted by Crippen LogP contribution is -2.44. The van der Waals surface area contributed by atoms with Gasteiger partial charge in [-0.25, -0.2) is 4.72 Å². The van der Waals surface area contributed by atoms with Crippen molar-refractivity contribution in [3.8, 4) is 0 Å². The third-order valence-electron chi connectivity index (χ3n) is 3.03. The summed E-state index contributed by atoms with van der Waals surface area (Å²) in [6.45, 7) is 0.400. The molecule has 1 aliphatic rings. The minimum absolute atomic E-state index is 0.0239. The molecule has 0 radical (unpaired) electrons. The summed E-state index contributed by atoms with van der Waals surface area (Å²) in [6, 6.07) is 0. The van der Waals surface area contributed by atoms with Gasteiger partial charge in [0.2, 0.25) is 0 Å². The van der Waals surface area contributed by atoms with Crippen LogP contribution in [0.5, 0.6) is 0 Å². The number of nitrogens with one attached hydrogen (secondary N) is 1. The van der Waals surface area contributed by atoms with Crippen LogP contribution < -0.4 is 4.72 Å². The number of ether oxygens (including phenoxy) is 1. The van der Waals surface area contributed by atoms with E-state index in [2.05, 4.69) is 9.46 Å². The van der Waals surface area contributed by atoms with Gasteiger partial charge in [-0.1, -0.05) is 0 Å². The van der Waals surface area contributed by atoms with E-state index in [9.17, 15) is 13.2 Å². The Kier molecular flexibility index (Phi) is 5.51. The molecule has 0 aromatic heterocycles. The fourth-order valence-electron chi connectivity index (χ4n) is 1.67. The van der Waals surface area contributed by atoms with Crippen molar-refractivity contribution < 1.29 is 23.1 Å². The van der Waals surface area contributed by atoms with E-state index in [1.807, 2.05) is 0 Å². The van der Waals surface area contributed by atoms with Gasteiger partial charge in [-0.2, -0.15) is 12.7 Å². The van der Waals surface area contributed by atoms with Crippen LogP contribution in [0.15, 0.2) is 0 Å². The zero-order valence-electron chi connectivity index (χ0n) is 10.6. The molecule has 0 unspecified atom stereocenters. The number of carbonyl (C=O) groups excluding carboxylic acids is 1. The van der Waals surface area contributed by atoms with Crippen molar-refractivity contribution in [2.24, 2.45) is 5.92 Å². The minimum atomic E-state index is -3.56. The maximum absolute atomic E-state index is 11.8. The summed E-state index contributed by atoms with van der Waals surface area (Å²) in [5.74, 6) is -0.247. The second-order valence-electron chi connectivity index (χ2n) is 4.49. The van der Waals surface area contributed by atoms with Crippen molar-refractivity contribution in [2.45, 2.75) is 25.4 Å². The molecule has 0 aromatic rings. The predicted octanol–water partition coefficient (Wildman–Crippen LogP) is -0.913. The molecule has 1 fully saturated rings. The maximum atomic E-state index is 11.8. The van der Waals surface area contributed by atoms with Crippen LogP contribution in [0, 0.1) is 5.92 Å². The van der Waals surface area contributed by atoms with E-state index in [-0.39, 0.29) is 25.0 Å². The number of hydrogen-bond donors (Lipinski definition) is 2. The van der Waals surface area contributed by atoms with Gasteiger partial charge in [0.05, 0.1) is 19.6 Å². The minimum Gasteiger partial charge on any atom is -0.469 e. The number of esters is 1. The summed E-state index contributed by atoms with van der Waals surface area (Å²) in [4.78, 5) is 10.9. The second-order valence-corrected chi connectivity index (χ2v) is 6.35. The number of carbonyl (C=O) groups is 1. The van der Waals surface area contributed by atoms with Crippen LogP contribution in [-0.2, 0) is 19.7 Å². The summed E-state index contributed by atoms with van der Waals surface area (Å²) in [7, 11) is -0.894. The smallest absolute Gasteiger partial charge is 0.306 e. The van der Waals surface area contributed by atoms with Gasteiger partial charge in [0.15, 0.2) is 0 Å². The lowest BCUT2D eigenvalue weighted by molar-refractivity contribution is -0.140. The topological polar surface area (TPSA) is 95.9 Å². The zero-order valence-corrected chi connectivity index (χ0v) is 11.4. The third-order valence-corrected chi connectivity index (χ3v) is 4.57. The summed E-state index contributed by atoms with van der Waals surface area (Å²) < 4.78 is 31.5. The molecule has 0 aromatic carbocycles. The van der Waals surface area contributed by atoms with Crippen LogP contribution in [-0.4, -0.2) is 57.1 Å². The Balaban J connectivity index is 2.30. The van der Waals surface area contributed by atoms with Gasteiger partial charge in [0, 0.05) is 20.1 Å². The third kappa shape index (κ3) is 4.52. The van der Waals surface area contributed by atoms with E-state index in [1.54, 1.807) is 0 Å². The molecule has 2 N–H and O–H groups in total. The van der Waals surface area contributed by atoms with E-state index < -0.39 is 16.2 Å². The van der Waals surface area contributed by atoms with E-state index in [1.165, 1.54) is 14.2 Å². The molecule has 1 aliphatic carbocycles. The van der Waals surface area contributed by atoms with Crippen LogP contribution in [0.1, 0.15) is 19.3 Å². The van der Waals surface area contributed by atoms with Crippen LogP contribution in [0.25, 0.3) is 0 Å². The fraction of sp³-hybridized carbons (Fsp3) is 0.900. The number of aliphatic hydroxyl groups is 1. The lowest BCUT2D eigenvalue weighted by Gasteiger charge is -2.31. The number of nitrogens with zero attached hydrogens (tertiary/aromatic N) is 1. The normalized spacial score (nSPS) is 23.8. The molecule has 8 heteroatoms. The summed E-state index contributed by atoms with van der Waals surface area (Å²) in [5, 5.41) is 9.09. The van der Waals surface area contributed by atoms with E-state index in [4.69, 9.17) is 5.11 Å². The Morgan fingerprint density at radius 1 is 1.50 bits per heavy atom. The Bertz CT molecular complexity index is 378. The van der Waals surface area contributed by atoms with Crippen molar-refractivity contribution in [3.05, 3.63) is 0 Å². The van der Waals surface area contributed by atoms with Crippen molar-refractivity contribution in [2.75, 3.05) is 27.2 Å². The van der Waals surface area contributed by atoms with Crippen LogP contribution in [0.2, 0.25) is 0 Å². The number of methoxy groups -OCH3 is 1. The number of hydrogen-bond acceptors (Lipinski definition) is 5. The molecule has 0 bridgehead atoms. The van der Waals surface area contributed by atoms with Gasteiger partial charge in [0.25, 0.3) is 10.2 Å². The molecular formula is C10H20N2O5S. The molecule has 0 aliphatic heterocycles. The van der Waals surface area contributed by atoms with Crippen molar-refractivity contribution in [1.29, 1.82) is 0 Å². The summed E-state index contributed by atoms with van der Waals surface area (Å²) >= 11 is 0. The van der Waals surface area contributed by atoms with E-state index in [0.29, 0.717) is 19.4 Å². The van der Waals surface area contributed by atoms with E-state index in [0.717, 1.165) is 4.31 Å². The van der Waals surface area contributed by atoms with Crippen molar-refractivity contribution in [1.82, 2.24) is 9.03 Å². The molecule has 1 saturated carbocycles. The van der Waals surface area contributed by atoms with Crippen LogP contribution in [0.4, 0.5) is 0 Å². The second kappa shape index (κ2) is 6.46. The van der Waals surface area contributed by atoms with Gasteiger partial charge in [0.1, 0.15) is 0 Å². The van der Waals surface area contributed by atoms with Gasteiger partial charge in [-0.3, -0.25) is 4.79 Å². The first-order valence-electron chi connectivity index (χ1n) is 5.81. The molecule has 0 saturated heterocycles. The van der Waals surface area contributed by atoms with Gasteiger partial charge in [-0.05, 0) is 18.8 Å². The van der Waals surface area contributed by atoms with Gasteiger partial charge < -0.3 is 9.84 Å². The lowest BCUT2D eigenvalue weighted by atomic mass is 9.83. The largest absolute Gasteiger partial charge is 0.469 e. The summed E-state index contributed by atoms with van der Waals surface area (Å²) in [5.41, 5.74) is 0. The monoisotopic (exact) mass is 280 g/mol.